The SMILES string of the molecule is C=C1NC2=C(C(=O)CC(C)(C)C2)C(c2cc[nH+]cc2)C1C(=O)OC. The standard InChI is InChI=1S/C19H22N2O3/c1-11-15(18(23)24-4)16(12-5-7-20-8-6-12)17-13(21-11)9-19(2,3)10-14(17)22/h5-8,15-16,21H,1,9-10H2,2-4H3/p+1. The number of aromatic amines is 1. The fraction of sp³-hybridized carbons (Fsp3) is 0.421. The number of ketones is 1. The number of carbonyl (C=O) groups excluding carboxylic acids is 2. The van der Waals surface area contributed by atoms with Crippen molar-refractivity contribution in [3.8, 4) is 0 Å². The van der Waals surface area contributed by atoms with Crippen LogP contribution in [-0.2, 0) is 14.3 Å². The van der Waals surface area contributed by atoms with Crippen LogP contribution in [0.4, 0.5) is 0 Å². The van der Waals surface area contributed by atoms with E-state index in [0.717, 1.165) is 17.7 Å². The van der Waals surface area contributed by atoms with Crippen LogP contribution in [0.1, 0.15) is 38.2 Å². The summed E-state index contributed by atoms with van der Waals surface area (Å²) in [6.07, 6.45) is 4.83. The van der Waals surface area contributed by atoms with Crippen LogP contribution in [-0.4, -0.2) is 18.9 Å². The van der Waals surface area contributed by atoms with E-state index in [1.807, 2.05) is 12.1 Å². The molecule has 5 heteroatoms. The van der Waals surface area contributed by atoms with Gasteiger partial charge in [0, 0.05) is 41.4 Å². The van der Waals surface area contributed by atoms with Gasteiger partial charge in [-0.1, -0.05) is 20.4 Å². The van der Waals surface area contributed by atoms with Crippen LogP contribution >= 0.6 is 0 Å². The maximum absolute atomic E-state index is 12.9. The van der Waals surface area contributed by atoms with E-state index in [4.69, 9.17) is 4.74 Å². The molecule has 126 valence electrons. The van der Waals surface area contributed by atoms with Crippen molar-refractivity contribution in [2.75, 3.05) is 7.11 Å². The number of hydrogen-bond donors (Lipinski definition) is 1. The predicted molar refractivity (Wildman–Crippen MR) is 88.6 cm³/mol. The van der Waals surface area contributed by atoms with Gasteiger partial charge in [0.15, 0.2) is 18.2 Å². The lowest BCUT2D eigenvalue weighted by atomic mass is 9.66. The number of H-pyrrole nitrogens is 1. The van der Waals surface area contributed by atoms with Crippen molar-refractivity contribution in [3.05, 3.63) is 53.6 Å². The molecule has 2 aliphatic rings. The Morgan fingerprint density at radius 1 is 1.33 bits per heavy atom. The highest BCUT2D eigenvalue weighted by molar-refractivity contribution is 6.00. The lowest BCUT2D eigenvalue weighted by Gasteiger charge is -2.41. The summed E-state index contributed by atoms with van der Waals surface area (Å²) in [6, 6.07) is 3.80. The molecule has 0 radical (unpaired) electrons. The highest BCUT2D eigenvalue weighted by Gasteiger charge is 2.46. The quantitative estimate of drug-likeness (QED) is 0.845. The number of ether oxygens (including phenoxy) is 1. The summed E-state index contributed by atoms with van der Waals surface area (Å²) in [5, 5.41) is 3.23. The lowest BCUT2D eigenvalue weighted by molar-refractivity contribution is -0.378. The fourth-order valence-corrected chi connectivity index (χ4v) is 3.82. The van der Waals surface area contributed by atoms with Gasteiger partial charge in [-0.3, -0.25) is 9.59 Å². The van der Waals surface area contributed by atoms with Gasteiger partial charge in [-0.2, -0.15) is 0 Å². The Labute approximate surface area is 141 Å². The molecule has 2 heterocycles. The largest absolute Gasteiger partial charge is 0.468 e. The first-order valence-corrected chi connectivity index (χ1v) is 8.10. The van der Waals surface area contributed by atoms with Crippen LogP contribution in [0, 0.1) is 11.3 Å². The average molecular weight is 327 g/mol. The molecule has 0 saturated heterocycles. The molecule has 0 fully saturated rings. The third kappa shape index (κ3) is 2.75. The van der Waals surface area contributed by atoms with Crippen molar-refractivity contribution in [1.29, 1.82) is 0 Å². The van der Waals surface area contributed by atoms with Gasteiger partial charge in [-0.25, -0.2) is 4.98 Å². The average Bonchev–Trinajstić information content (AvgIpc) is 2.52. The molecular formula is C19H23N2O3+. The molecule has 2 atom stereocenters. The highest BCUT2D eigenvalue weighted by atomic mass is 16.5. The Kier molecular flexibility index (Phi) is 4.03. The first-order chi connectivity index (χ1) is 11.3. The monoisotopic (exact) mass is 327 g/mol. The summed E-state index contributed by atoms with van der Waals surface area (Å²) in [5.41, 5.74) is 2.98. The van der Waals surface area contributed by atoms with Crippen LogP contribution < -0.4 is 10.3 Å². The Balaban J connectivity index is 2.18. The number of aromatic nitrogens is 1. The van der Waals surface area contributed by atoms with Crippen molar-refractivity contribution in [2.24, 2.45) is 11.3 Å². The van der Waals surface area contributed by atoms with E-state index in [2.05, 4.69) is 30.7 Å². The summed E-state index contributed by atoms with van der Waals surface area (Å²) in [6.45, 7) is 8.20. The van der Waals surface area contributed by atoms with E-state index in [-0.39, 0.29) is 23.1 Å². The molecule has 1 aliphatic heterocycles. The molecule has 1 aromatic heterocycles. The molecular weight excluding hydrogens is 304 g/mol. The van der Waals surface area contributed by atoms with Crippen molar-refractivity contribution >= 4 is 11.8 Å². The lowest BCUT2D eigenvalue weighted by Crippen LogP contribution is -2.43. The molecule has 2 N–H and O–H groups in total. The Morgan fingerprint density at radius 2 is 2.00 bits per heavy atom. The maximum atomic E-state index is 12.9. The molecule has 0 aromatic carbocycles. The minimum Gasteiger partial charge on any atom is -0.468 e. The zero-order valence-corrected chi connectivity index (χ0v) is 14.3. The van der Waals surface area contributed by atoms with Gasteiger partial charge in [0.05, 0.1) is 7.11 Å². The second-order valence-corrected chi connectivity index (χ2v) is 7.30. The Morgan fingerprint density at radius 3 is 2.62 bits per heavy atom. The first-order valence-electron chi connectivity index (χ1n) is 8.10. The number of methoxy groups -OCH3 is 1. The topological polar surface area (TPSA) is 69.5 Å². The minimum atomic E-state index is -0.610. The number of nitrogens with one attached hydrogen (secondary N) is 2. The fourth-order valence-electron chi connectivity index (χ4n) is 3.82. The zero-order chi connectivity index (χ0) is 17.5. The van der Waals surface area contributed by atoms with Crippen LogP contribution in [0.15, 0.2) is 48.1 Å². The van der Waals surface area contributed by atoms with E-state index in [0.29, 0.717) is 17.7 Å². The maximum Gasteiger partial charge on any atom is 0.315 e. The Bertz CT molecular complexity index is 734. The van der Waals surface area contributed by atoms with Crippen LogP contribution in [0.5, 0.6) is 0 Å². The number of hydrogen-bond acceptors (Lipinski definition) is 4. The van der Waals surface area contributed by atoms with Crippen LogP contribution in [0.2, 0.25) is 0 Å². The van der Waals surface area contributed by atoms with Crippen molar-refractivity contribution in [1.82, 2.24) is 5.32 Å². The second kappa shape index (κ2) is 5.89. The summed E-state index contributed by atoms with van der Waals surface area (Å²) in [7, 11) is 1.36. The van der Waals surface area contributed by atoms with E-state index < -0.39 is 5.92 Å². The number of allylic oxidation sites excluding steroid dienone is 2. The van der Waals surface area contributed by atoms with E-state index in [1.165, 1.54) is 7.11 Å². The zero-order valence-electron chi connectivity index (χ0n) is 14.3. The van der Waals surface area contributed by atoms with Crippen LogP contribution in [0.25, 0.3) is 0 Å². The predicted octanol–water partition coefficient (Wildman–Crippen LogP) is 2.13. The molecule has 1 aliphatic carbocycles. The van der Waals surface area contributed by atoms with Gasteiger partial charge in [-0.15, -0.1) is 0 Å². The number of pyridine rings is 1. The van der Waals surface area contributed by atoms with Gasteiger partial charge in [0.2, 0.25) is 0 Å². The highest BCUT2D eigenvalue weighted by Crippen LogP contribution is 2.47. The van der Waals surface area contributed by atoms with Crippen molar-refractivity contribution in [2.45, 2.75) is 32.6 Å². The van der Waals surface area contributed by atoms with Gasteiger partial charge in [0.1, 0.15) is 5.92 Å². The molecule has 3 rings (SSSR count). The molecule has 1 aromatic rings. The summed E-state index contributed by atoms with van der Waals surface area (Å²) >= 11 is 0. The number of Topliss-reactive ketones (excluding diaryl/α,β-unsaturated/α-hetero) is 1. The molecule has 0 bridgehead atoms. The second-order valence-electron chi connectivity index (χ2n) is 7.30. The number of rotatable bonds is 2. The summed E-state index contributed by atoms with van der Waals surface area (Å²) in [5.74, 6) is -1.26. The van der Waals surface area contributed by atoms with Crippen LogP contribution in [0.3, 0.4) is 0 Å². The van der Waals surface area contributed by atoms with E-state index in [9.17, 15) is 9.59 Å². The van der Waals surface area contributed by atoms with Gasteiger partial charge in [-0.05, 0) is 17.4 Å². The van der Waals surface area contributed by atoms with Gasteiger partial charge in [0.25, 0.3) is 0 Å². The third-order valence-corrected chi connectivity index (χ3v) is 4.81. The minimum absolute atomic E-state index is 0.0907. The van der Waals surface area contributed by atoms with E-state index in [1.54, 1.807) is 12.4 Å². The summed E-state index contributed by atoms with van der Waals surface area (Å²) < 4.78 is 4.99. The molecule has 5 nitrogen and oxygen atoms in total. The molecule has 0 saturated carbocycles. The molecule has 2 unspecified atom stereocenters. The smallest absolute Gasteiger partial charge is 0.315 e. The van der Waals surface area contributed by atoms with E-state index >= 15 is 0 Å². The Hall–Kier alpha value is -2.43. The molecule has 0 spiro atoms. The summed E-state index contributed by atoms with van der Waals surface area (Å²) in [4.78, 5) is 28.3. The number of carbonyl (C=O) groups is 2. The normalized spacial score (nSPS) is 25.8. The van der Waals surface area contributed by atoms with Gasteiger partial charge < -0.3 is 10.1 Å². The van der Waals surface area contributed by atoms with Gasteiger partial charge >= 0.3 is 5.97 Å². The first kappa shape index (κ1) is 16.4. The molecule has 0 amide bonds. The molecule has 24 heavy (non-hydrogen) atoms. The van der Waals surface area contributed by atoms with Crippen molar-refractivity contribution < 1.29 is 19.3 Å². The number of esters is 1. The third-order valence-electron chi connectivity index (χ3n) is 4.81. The van der Waals surface area contributed by atoms with Crippen molar-refractivity contribution in [3.63, 3.8) is 0 Å².